The molecule has 0 spiro atoms. The van der Waals surface area contributed by atoms with Gasteiger partial charge in [-0.3, -0.25) is 0 Å². The van der Waals surface area contributed by atoms with Crippen molar-refractivity contribution in [1.82, 2.24) is 4.72 Å². The predicted octanol–water partition coefficient (Wildman–Crippen LogP) is 2.98. The molecule has 2 rings (SSSR count). The van der Waals surface area contributed by atoms with Gasteiger partial charge in [0, 0.05) is 6.54 Å². The number of nitrogens with one attached hydrogen (secondary N) is 1. The predicted molar refractivity (Wildman–Crippen MR) is 84.8 cm³/mol. The summed E-state index contributed by atoms with van der Waals surface area (Å²) in [4.78, 5) is 0.181. The first-order chi connectivity index (χ1) is 9.94. The Morgan fingerprint density at radius 2 is 2.10 bits per heavy atom. The standard InChI is InChI=1S/C15H19NO3S2/c1-3-15(17)12-5-4-6-14(7-12)21(18,19)16-8-13-10-20-9-11(13)2/h4-7,9-10,15-17H,3,8H2,1-2H3. The smallest absolute Gasteiger partial charge is 0.240 e. The Labute approximate surface area is 129 Å². The highest BCUT2D eigenvalue weighted by atomic mass is 32.2. The molecule has 0 radical (unpaired) electrons. The van der Waals surface area contributed by atoms with Gasteiger partial charge in [-0.2, -0.15) is 11.3 Å². The van der Waals surface area contributed by atoms with Crippen molar-refractivity contribution >= 4 is 21.4 Å². The number of aliphatic hydroxyl groups excluding tert-OH is 1. The van der Waals surface area contributed by atoms with Crippen LogP contribution in [0.3, 0.4) is 0 Å². The van der Waals surface area contributed by atoms with Crippen molar-refractivity contribution in [3.8, 4) is 0 Å². The van der Waals surface area contributed by atoms with Crippen LogP contribution >= 0.6 is 11.3 Å². The molecule has 1 heterocycles. The zero-order valence-corrected chi connectivity index (χ0v) is 13.7. The molecule has 2 N–H and O–H groups in total. The van der Waals surface area contributed by atoms with Gasteiger partial charge in [0.05, 0.1) is 11.0 Å². The van der Waals surface area contributed by atoms with Crippen LogP contribution in [0.2, 0.25) is 0 Å². The first-order valence-electron chi connectivity index (χ1n) is 6.73. The number of hydrogen-bond acceptors (Lipinski definition) is 4. The second kappa shape index (κ2) is 6.70. The zero-order chi connectivity index (χ0) is 15.5. The number of thiophene rings is 1. The maximum absolute atomic E-state index is 12.3. The van der Waals surface area contributed by atoms with Gasteiger partial charge in [-0.15, -0.1) is 0 Å². The van der Waals surface area contributed by atoms with Gasteiger partial charge in [-0.1, -0.05) is 19.1 Å². The summed E-state index contributed by atoms with van der Waals surface area (Å²) in [6.07, 6.45) is -0.0929. The van der Waals surface area contributed by atoms with E-state index < -0.39 is 16.1 Å². The molecule has 1 aromatic heterocycles. The molecule has 4 nitrogen and oxygen atoms in total. The largest absolute Gasteiger partial charge is 0.388 e. The van der Waals surface area contributed by atoms with E-state index in [2.05, 4.69) is 4.72 Å². The van der Waals surface area contributed by atoms with E-state index >= 15 is 0 Å². The summed E-state index contributed by atoms with van der Waals surface area (Å²) in [5.74, 6) is 0. The number of rotatable bonds is 6. The van der Waals surface area contributed by atoms with E-state index in [4.69, 9.17) is 0 Å². The molecule has 1 atom stereocenters. The third-order valence-electron chi connectivity index (χ3n) is 3.35. The van der Waals surface area contributed by atoms with Crippen LogP contribution in [0.5, 0.6) is 0 Å². The molecule has 1 aromatic carbocycles. The van der Waals surface area contributed by atoms with Crippen LogP contribution in [0.25, 0.3) is 0 Å². The minimum absolute atomic E-state index is 0.181. The van der Waals surface area contributed by atoms with Crippen LogP contribution in [0, 0.1) is 6.92 Å². The van der Waals surface area contributed by atoms with Gasteiger partial charge in [0.2, 0.25) is 10.0 Å². The molecule has 0 saturated carbocycles. The summed E-state index contributed by atoms with van der Waals surface area (Å²) in [6, 6.07) is 6.44. The van der Waals surface area contributed by atoms with E-state index in [-0.39, 0.29) is 11.4 Å². The first-order valence-corrected chi connectivity index (χ1v) is 9.16. The lowest BCUT2D eigenvalue weighted by atomic mass is 10.1. The average molecular weight is 325 g/mol. The SMILES string of the molecule is CCC(O)c1cccc(S(=O)(=O)NCc2cscc2C)c1. The number of aliphatic hydroxyl groups is 1. The van der Waals surface area contributed by atoms with E-state index in [0.29, 0.717) is 12.0 Å². The Morgan fingerprint density at radius 3 is 2.71 bits per heavy atom. The molecular formula is C15H19NO3S2. The van der Waals surface area contributed by atoms with E-state index in [9.17, 15) is 13.5 Å². The van der Waals surface area contributed by atoms with Crippen LogP contribution in [0.4, 0.5) is 0 Å². The summed E-state index contributed by atoms with van der Waals surface area (Å²) in [6.45, 7) is 4.08. The minimum atomic E-state index is -3.57. The number of hydrogen-bond donors (Lipinski definition) is 2. The summed E-state index contributed by atoms with van der Waals surface area (Å²) in [7, 11) is -3.57. The molecule has 0 bridgehead atoms. The number of benzene rings is 1. The van der Waals surface area contributed by atoms with Crippen molar-refractivity contribution in [2.45, 2.75) is 37.8 Å². The Kier molecular flexibility index (Phi) is 5.16. The first kappa shape index (κ1) is 16.2. The third-order valence-corrected chi connectivity index (χ3v) is 5.66. The highest BCUT2D eigenvalue weighted by Crippen LogP contribution is 2.20. The minimum Gasteiger partial charge on any atom is -0.388 e. The lowest BCUT2D eigenvalue weighted by Crippen LogP contribution is -2.23. The van der Waals surface area contributed by atoms with Crippen molar-refractivity contribution in [2.75, 3.05) is 0 Å². The van der Waals surface area contributed by atoms with E-state index in [1.807, 2.05) is 24.6 Å². The Hall–Kier alpha value is -1.21. The van der Waals surface area contributed by atoms with Gasteiger partial charge in [0.25, 0.3) is 0 Å². The van der Waals surface area contributed by atoms with Crippen molar-refractivity contribution in [1.29, 1.82) is 0 Å². The topological polar surface area (TPSA) is 66.4 Å². The Morgan fingerprint density at radius 1 is 1.33 bits per heavy atom. The molecule has 1 unspecified atom stereocenters. The maximum Gasteiger partial charge on any atom is 0.240 e. The molecule has 0 aliphatic rings. The van der Waals surface area contributed by atoms with Crippen LogP contribution in [-0.2, 0) is 16.6 Å². The molecule has 21 heavy (non-hydrogen) atoms. The summed E-state index contributed by atoms with van der Waals surface area (Å²) in [5, 5.41) is 13.7. The van der Waals surface area contributed by atoms with Gasteiger partial charge in [-0.05, 0) is 52.9 Å². The molecule has 0 saturated heterocycles. The molecule has 0 aliphatic heterocycles. The molecule has 0 fully saturated rings. The highest BCUT2D eigenvalue weighted by Gasteiger charge is 2.16. The second-order valence-corrected chi connectivity index (χ2v) is 7.41. The molecule has 6 heteroatoms. The fourth-order valence-electron chi connectivity index (χ4n) is 1.95. The van der Waals surface area contributed by atoms with Gasteiger partial charge in [0.1, 0.15) is 0 Å². The molecule has 0 amide bonds. The number of aryl methyl sites for hydroxylation is 1. The maximum atomic E-state index is 12.3. The Bertz CT molecular complexity index is 707. The third kappa shape index (κ3) is 3.91. The fourth-order valence-corrected chi connectivity index (χ4v) is 3.87. The lowest BCUT2D eigenvalue weighted by Gasteiger charge is -2.11. The van der Waals surface area contributed by atoms with Crippen LogP contribution in [0.15, 0.2) is 39.9 Å². The molecule has 2 aromatic rings. The van der Waals surface area contributed by atoms with Gasteiger partial charge in [0.15, 0.2) is 0 Å². The Balaban J connectivity index is 2.18. The highest BCUT2D eigenvalue weighted by molar-refractivity contribution is 7.89. The summed E-state index contributed by atoms with van der Waals surface area (Å²) < 4.78 is 27.2. The molecular weight excluding hydrogens is 306 g/mol. The quantitative estimate of drug-likeness (QED) is 0.858. The van der Waals surface area contributed by atoms with Crippen LogP contribution in [0.1, 0.15) is 36.1 Å². The van der Waals surface area contributed by atoms with Gasteiger partial charge in [-0.25, -0.2) is 13.1 Å². The van der Waals surface area contributed by atoms with Gasteiger partial charge >= 0.3 is 0 Å². The van der Waals surface area contributed by atoms with E-state index in [1.165, 1.54) is 12.1 Å². The normalized spacial score (nSPS) is 13.3. The monoisotopic (exact) mass is 325 g/mol. The van der Waals surface area contributed by atoms with Crippen LogP contribution in [-0.4, -0.2) is 13.5 Å². The molecule has 0 aliphatic carbocycles. The number of sulfonamides is 1. The van der Waals surface area contributed by atoms with Crippen molar-refractivity contribution in [2.24, 2.45) is 0 Å². The van der Waals surface area contributed by atoms with E-state index in [0.717, 1.165) is 11.1 Å². The van der Waals surface area contributed by atoms with Crippen molar-refractivity contribution < 1.29 is 13.5 Å². The molecule has 114 valence electrons. The van der Waals surface area contributed by atoms with E-state index in [1.54, 1.807) is 23.5 Å². The fraction of sp³-hybridized carbons (Fsp3) is 0.333. The van der Waals surface area contributed by atoms with Crippen LogP contribution < -0.4 is 4.72 Å². The van der Waals surface area contributed by atoms with Gasteiger partial charge < -0.3 is 5.11 Å². The second-order valence-electron chi connectivity index (χ2n) is 4.90. The van der Waals surface area contributed by atoms with Crippen molar-refractivity contribution in [3.05, 3.63) is 51.7 Å². The summed E-state index contributed by atoms with van der Waals surface area (Å²) in [5.41, 5.74) is 2.68. The van der Waals surface area contributed by atoms with Crippen molar-refractivity contribution in [3.63, 3.8) is 0 Å². The lowest BCUT2D eigenvalue weighted by molar-refractivity contribution is 0.173. The summed E-state index contributed by atoms with van der Waals surface area (Å²) >= 11 is 1.55. The zero-order valence-electron chi connectivity index (χ0n) is 12.0. The average Bonchev–Trinajstić information content (AvgIpc) is 2.90.